The first-order valence-electron chi connectivity index (χ1n) is 6.93. The zero-order valence-corrected chi connectivity index (χ0v) is 13.1. The largest absolute Gasteiger partial charge is 0.310 e. The van der Waals surface area contributed by atoms with Crippen LogP contribution in [0.3, 0.4) is 0 Å². The predicted octanol–water partition coefficient (Wildman–Crippen LogP) is 3.18. The lowest BCUT2D eigenvalue weighted by Gasteiger charge is -2.25. The number of hydrogen-bond acceptors (Lipinski definition) is 3. The van der Waals surface area contributed by atoms with Crippen molar-refractivity contribution in [3.8, 4) is 0 Å². The van der Waals surface area contributed by atoms with E-state index in [-0.39, 0.29) is 6.04 Å². The van der Waals surface area contributed by atoms with Crippen LogP contribution in [-0.4, -0.2) is 21.2 Å². The molecule has 0 bridgehead atoms. The van der Waals surface area contributed by atoms with Gasteiger partial charge in [0, 0.05) is 12.3 Å². The molecule has 0 fully saturated rings. The second-order valence-corrected chi connectivity index (χ2v) is 7.18. The van der Waals surface area contributed by atoms with Crippen LogP contribution in [0.2, 0.25) is 0 Å². The fraction of sp³-hybridized carbons (Fsp3) is 0.600. The Bertz CT molecular complexity index is 497. The molecule has 0 aliphatic heterocycles. The fourth-order valence-corrected chi connectivity index (χ4v) is 2.80. The summed E-state index contributed by atoms with van der Waals surface area (Å²) in [7, 11) is -3.14. The Morgan fingerprint density at radius 2 is 1.95 bits per heavy atom. The minimum Gasteiger partial charge on any atom is -0.310 e. The van der Waals surface area contributed by atoms with Crippen LogP contribution in [0.5, 0.6) is 0 Å². The molecule has 2 unspecified atom stereocenters. The van der Waals surface area contributed by atoms with E-state index in [2.05, 4.69) is 26.1 Å². The molecule has 0 aliphatic rings. The van der Waals surface area contributed by atoms with Gasteiger partial charge >= 0.3 is 0 Å². The van der Waals surface area contributed by atoms with Crippen LogP contribution in [0, 0.1) is 5.92 Å². The lowest BCUT2D eigenvalue weighted by atomic mass is 9.92. The molecule has 1 aromatic rings. The average Bonchev–Trinajstić information content (AvgIpc) is 2.38. The molecule has 0 saturated heterocycles. The van der Waals surface area contributed by atoms with Crippen molar-refractivity contribution in [1.29, 1.82) is 0 Å². The van der Waals surface area contributed by atoms with Crippen molar-refractivity contribution >= 4 is 9.84 Å². The Kier molecular flexibility index (Phi) is 6.01. The molecule has 1 N–H and O–H groups in total. The number of nitrogens with one attached hydrogen (secondary N) is 1. The Labute approximate surface area is 117 Å². The van der Waals surface area contributed by atoms with E-state index in [0.717, 1.165) is 24.9 Å². The maximum Gasteiger partial charge on any atom is 0.175 e. The van der Waals surface area contributed by atoms with Gasteiger partial charge in [-0.2, -0.15) is 0 Å². The van der Waals surface area contributed by atoms with Crippen LogP contribution in [-0.2, 0) is 9.84 Å². The van der Waals surface area contributed by atoms with Crippen LogP contribution >= 0.6 is 0 Å². The molecule has 1 rings (SSSR count). The Balaban J connectivity index is 3.08. The first-order valence-corrected chi connectivity index (χ1v) is 8.82. The Hall–Kier alpha value is -0.870. The van der Waals surface area contributed by atoms with Gasteiger partial charge in [0.05, 0.1) is 4.90 Å². The Morgan fingerprint density at radius 1 is 1.26 bits per heavy atom. The molecule has 0 saturated carbocycles. The average molecular weight is 283 g/mol. The Morgan fingerprint density at radius 3 is 2.47 bits per heavy atom. The molecule has 0 aliphatic carbocycles. The SMILES string of the molecule is CCCNC(c1cccc(S(C)(=O)=O)c1)C(C)CC. The predicted molar refractivity (Wildman–Crippen MR) is 80.0 cm³/mol. The van der Waals surface area contributed by atoms with E-state index in [1.165, 1.54) is 6.26 Å². The lowest BCUT2D eigenvalue weighted by molar-refractivity contribution is 0.376. The molecule has 4 heteroatoms. The molecule has 1 aromatic carbocycles. The summed E-state index contributed by atoms with van der Waals surface area (Å²) in [5.41, 5.74) is 1.06. The fourth-order valence-electron chi connectivity index (χ4n) is 2.12. The van der Waals surface area contributed by atoms with E-state index in [1.54, 1.807) is 12.1 Å². The van der Waals surface area contributed by atoms with Gasteiger partial charge in [-0.1, -0.05) is 39.3 Å². The van der Waals surface area contributed by atoms with Gasteiger partial charge in [-0.25, -0.2) is 8.42 Å². The maximum atomic E-state index is 11.6. The van der Waals surface area contributed by atoms with E-state index in [4.69, 9.17) is 0 Å². The van der Waals surface area contributed by atoms with Crippen molar-refractivity contribution in [2.45, 2.75) is 44.6 Å². The zero-order chi connectivity index (χ0) is 14.5. The van der Waals surface area contributed by atoms with Crippen LogP contribution in [0.4, 0.5) is 0 Å². The van der Waals surface area contributed by atoms with Crippen molar-refractivity contribution in [2.24, 2.45) is 5.92 Å². The van der Waals surface area contributed by atoms with Crippen molar-refractivity contribution in [3.63, 3.8) is 0 Å². The van der Waals surface area contributed by atoms with Crippen LogP contribution < -0.4 is 5.32 Å². The summed E-state index contributed by atoms with van der Waals surface area (Å²) in [4.78, 5) is 0.400. The molecule has 2 atom stereocenters. The summed E-state index contributed by atoms with van der Waals surface area (Å²) in [5, 5.41) is 3.52. The molecule has 0 amide bonds. The third-order valence-corrected chi connectivity index (χ3v) is 4.58. The molecule has 0 spiro atoms. The van der Waals surface area contributed by atoms with Gasteiger partial charge in [0.25, 0.3) is 0 Å². The summed E-state index contributed by atoms with van der Waals surface area (Å²) >= 11 is 0. The standard InChI is InChI=1S/C15H25NO2S/c1-5-10-16-15(12(3)6-2)13-8-7-9-14(11-13)19(4,17)18/h7-9,11-12,15-16H,5-6,10H2,1-4H3. The van der Waals surface area contributed by atoms with Crippen molar-refractivity contribution < 1.29 is 8.42 Å². The smallest absolute Gasteiger partial charge is 0.175 e. The van der Waals surface area contributed by atoms with E-state index in [9.17, 15) is 8.42 Å². The molecule has 19 heavy (non-hydrogen) atoms. The first kappa shape index (κ1) is 16.2. The van der Waals surface area contributed by atoms with Gasteiger partial charge in [-0.15, -0.1) is 0 Å². The van der Waals surface area contributed by atoms with Gasteiger partial charge in [-0.05, 0) is 36.6 Å². The van der Waals surface area contributed by atoms with Gasteiger partial charge in [0.15, 0.2) is 9.84 Å². The monoisotopic (exact) mass is 283 g/mol. The van der Waals surface area contributed by atoms with Gasteiger partial charge in [0.1, 0.15) is 0 Å². The quantitative estimate of drug-likeness (QED) is 0.836. The van der Waals surface area contributed by atoms with Crippen molar-refractivity contribution in [3.05, 3.63) is 29.8 Å². The number of sulfone groups is 1. The van der Waals surface area contributed by atoms with Gasteiger partial charge in [0.2, 0.25) is 0 Å². The summed E-state index contributed by atoms with van der Waals surface area (Å²) in [6.45, 7) is 7.43. The molecule has 0 heterocycles. The zero-order valence-electron chi connectivity index (χ0n) is 12.3. The van der Waals surface area contributed by atoms with Crippen LogP contribution in [0.1, 0.15) is 45.2 Å². The highest BCUT2D eigenvalue weighted by Gasteiger charge is 2.18. The summed E-state index contributed by atoms with van der Waals surface area (Å²) < 4.78 is 23.3. The van der Waals surface area contributed by atoms with Gasteiger partial charge in [-0.3, -0.25) is 0 Å². The molecular weight excluding hydrogens is 258 g/mol. The van der Waals surface area contributed by atoms with E-state index < -0.39 is 9.84 Å². The maximum absolute atomic E-state index is 11.6. The molecular formula is C15H25NO2S. The molecule has 0 aromatic heterocycles. The third kappa shape index (κ3) is 4.62. The summed E-state index contributed by atoms with van der Waals surface area (Å²) in [6.07, 6.45) is 3.38. The highest BCUT2D eigenvalue weighted by atomic mass is 32.2. The van der Waals surface area contributed by atoms with Crippen molar-refractivity contribution in [2.75, 3.05) is 12.8 Å². The highest BCUT2D eigenvalue weighted by Crippen LogP contribution is 2.26. The number of rotatable bonds is 7. The molecule has 3 nitrogen and oxygen atoms in total. The minimum atomic E-state index is -3.14. The number of benzene rings is 1. The van der Waals surface area contributed by atoms with Crippen molar-refractivity contribution in [1.82, 2.24) is 5.32 Å². The summed E-state index contributed by atoms with van der Waals surface area (Å²) in [6, 6.07) is 7.51. The van der Waals surface area contributed by atoms with E-state index >= 15 is 0 Å². The molecule has 108 valence electrons. The van der Waals surface area contributed by atoms with E-state index in [1.807, 2.05) is 12.1 Å². The second kappa shape index (κ2) is 7.06. The third-order valence-electron chi connectivity index (χ3n) is 3.47. The van der Waals surface area contributed by atoms with Crippen LogP contribution in [0.15, 0.2) is 29.2 Å². The lowest BCUT2D eigenvalue weighted by Crippen LogP contribution is -2.27. The minimum absolute atomic E-state index is 0.214. The van der Waals surface area contributed by atoms with Crippen LogP contribution in [0.25, 0.3) is 0 Å². The number of hydrogen-bond donors (Lipinski definition) is 1. The topological polar surface area (TPSA) is 46.2 Å². The van der Waals surface area contributed by atoms with Gasteiger partial charge < -0.3 is 5.32 Å². The molecule has 0 radical (unpaired) electrons. The summed E-state index contributed by atoms with van der Waals surface area (Å²) in [5.74, 6) is 0.473. The first-order chi connectivity index (χ1) is 8.90. The van der Waals surface area contributed by atoms with E-state index in [0.29, 0.717) is 10.8 Å². The highest BCUT2D eigenvalue weighted by molar-refractivity contribution is 7.90. The second-order valence-electron chi connectivity index (χ2n) is 5.16. The normalized spacial score (nSPS) is 15.2.